The fourth-order valence-electron chi connectivity index (χ4n) is 5.46. The maximum atomic E-state index is 13.4. The normalized spacial score (nSPS) is 24.9. The Morgan fingerprint density at radius 2 is 1.94 bits per heavy atom. The number of benzene rings is 1. The highest BCUT2D eigenvalue weighted by Crippen LogP contribution is 2.59. The molecule has 168 valence electrons. The summed E-state index contributed by atoms with van der Waals surface area (Å²) in [5, 5.41) is 0. The Balaban J connectivity index is 1.26. The summed E-state index contributed by atoms with van der Waals surface area (Å²) in [6.07, 6.45) is 4.79. The van der Waals surface area contributed by atoms with E-state index in [1.165, 1.54) is 24.1 Å². The number of nitrogens with zero attached hydrogens (tertiary/aromatic N) is 3. The van der Waals surface area contributed by atoms with E-state index in [1.807, 2.05) is 4.90 Å². The molecule has 31 heavy (non-hydrogen) atoms. The molecule has 1 aromatic rings. The molecule has 0 N–H and O–H groups in total. The van der Waals surface area contributed by atoms with E-state index in [-0.39, 0.29) is 17.6 Å². The van der Waals surface area contributed by atoms with Gasteiger partial charge in [-0.1, -0.05) is 31.6 Å². The van der Waals surface area contributed by atoms with Gasteiger partial charge >= 0.3 is 0 Å². The van der Waals surface area contributed by atoms with Crippen LogP contribution < -0.4 is 0 Å². The largest absolute Gasteiger partial charge is 0.338 e. The number of halogens is 1. The molecule has 0 aromatic heterocycles. The Morgan fingerprint density at radius 3 is 2.55 bits per heavy atom. The Kier molecular flexibility index (Phi) is 6.20. The lowest BCUT2D eigenvalue weighted by Gasteiger charge is -2.57. The number of hydrogen-bond donors (Lipinski definition) is 0. The van der Waals surface area contributed by atoms with E-state index in [0.29, 0.717) is 36.5 Å². The quantitative estimate of drug-likeness (QED) is 0.654. The lowest BCUT2D eigenvalue weighted by Crippen LogP contribution is -2.52. The minimum Gasteiger partial charge on any atom is -0.338 e. The molecule has 2 bridgehead atoms. The summed E-state index contributed by atoms with van der Waals surface area (Å²) in [6, 6.07) is 5.88. The molecule has 1 saturated heterocycles. The van der Waals surface area contributed by atoms with Crippen LogP contribution in [-0.4, -0.2) is 72.3 Å². The van der Waals surface area contributed by atoms with Crippen LogP contribution in [0.2, 0.25) is 0 Å². The number of carbonyl (C=O) groups excluding carboxylic acids is 2. The van der Waals surface area contributed by atoms with Gasteiger partial charge in [-0.25, -0.2) is 4.39 Å². The van der Waals surface area contributed by atoms with Crippen molar-refractivity contribution in [3.05, 3.63) is 47.3 Å². The molecule has 5 rings (SSSR count). The van der Waals surface area contributed by atoms with Crippen molar-refractivity contribution >= 4 is 11.8 Å². The van der Waals surface area contributed by atoms with Gasteiger partial charge in [0.25, 0.3) is 5.91 Å². The average molecular weight is 428 g/mol. The molecule has 3 aliphatic carbocycles. The summed E-state index contributed by atoms with van der Waals surface area (Å²) in [4.78, 5) is 31.0. The van der Waals surface area contributed by atoms with E-state index in [4.69, 9.17) is 0 Å². The fraction of sp³-hybridized carbons (Fsp3) is 0.600. The number of allylic oxidation sites excluding steroid dienone is 1. The molecule has 0 radical (unpaired) electrons. The first kappa shape index (κ1) is 22.0. The highest BCUT2D eigenvalue weighted by Gasteiger charge is 2.51. The summed E-state index contributed by atoms with van der Waals surface area (Å²) < 4.78 is 13.4. The molecule has 6 heteroatoms. The Hall–Kier alpha value is -2.21. The summed E-state index contributed by atoms with van der Waals surface area (Å²) in [7, 11) is 0. The van der Waals surface area contributed by atoms with Crippen LogP contribution in [0.3, 0.4) is 0 Å². The third-order valence-corrected chi connectivity index (χ3v) is 7.82. The summed E-state index contributed by atoms with van der Waals surface area (Å²) in [6.45, 7) is 11.4. The highest BCUT2D eigenvalue weighted by atomic mass is 19.1. The molecule has 2 unspecified atom stereocenters. The third-order valence-electron chi connectivity index (χ3n) is 7.82. The third kappa shape index (κ3) is 4.54. The van der Waals surface area contributed by atoms with Crippen LogP contribution in [0.1, 0.15) is 44.0 Å². The van der Waals surface area contributed by atoms with Crippen molar-refractivity contribution in [3.8, 4) is 0 Å². The van der Waals surface area contributed by atoms with Crippen LogP contribution in [0.25, 0.3) is 0 Å². The first-order chi connectivity index (χ1) is 14.8. The number of carbonyl (C=O) groups is 2. The molecular weight excluding hydrogens is 393 g/mol. The summed E-state index contributed by atoms with van der Waals surface area (Å²) in [5.74, 6) is 1.04. The maximum absolute atomic E-state index is 13.4. The molecule has 2 atom stereocenters. The minimum absolute atomic E-state index is 0.116. The Morgan fingerprint density at radius 1 is 1.19 bits per heavy atom. The highest BCUT2D eigenvalue weighted by molar-refractivity contribution is 5.94. The molecule has 5 nitrogen and oxygen atoms in total. The lowest BCUT2D eigenvalue weighted by atomic mass is 9.49. The molecule has 2 fully saturated rings. The minimum atomic E-state index is -0.386. The van der Waals surface area contributed by atoms with Gasteiger partial charge in [0.2, 0.25) is 5.91 Å². The topological polar surface area (TPSA) is 43.9 Å². The molecule has 2 amide bonds. The van der Waals surface area contributed by atoms with E-state index >= 15 is 0 Å². The van der Waals surface area contributed by atoms with Crippen molar-refractivity contribution in [3.63, 3.8) is 0 Å². The van der Waals surface area contributed by atoms with Gasteiger partial charge in [-0.2, -0.15) is 0 Å². The van der Waals surface area contributed by atoms with Crippen molar-refractivity contribution in [2.24, 2.45) is 17.3 Å². The van der Waals surface area contributed by atoms with Crippen molar-refractivity contribution in [1.82, 2.24) is 14.7 Å². The zero-order chi connectivity index (χ0) is 22.2. The second-order valence-corrected chi connectivity index (χ2v) is 9.91. The van der Waals surface area contributed by atoms with E-state index in [0.717, 1.165) is 38.5 Å². The van der Waals surface area contributed by atoms with Crippen molar-refractivity contribution < 1.29 is 14.0 Å². The molecule has 1 aromatic carbocycles. The van der Waals surface area contributed by atoms with Gasteiger partial charge in [0.05, 0.1) is 0 Å². The number of amides is 2. The van der Waals surface area contributed by atoms with Gasteiger partial charge in [0, 0.05) is 58.3 Å². The van der Waals surface area contributed by atoms with Gasteiger partial charge in [-0.3, -0.25) is 14.5 Å². The van der Waals surface area contributed by atoms with Crippen LogP contribution in [0.4, 0.5) is 4.39 Å². The molecule has 4 aliphatic rings. The monoisotopic (exact) mass is 427 g/mol. The fourth-order valence-corrected chi connectivity index (χ4v) is 5.46. The van der Waals surface area contributed by atoms with Gasteiger partial charge < -0.3 is 9.80 Å². The number of hydrogen-bond acceptors (Lipinski definition) is 3. The molecule has 1 saturated carbocycles. The standard InChI is InChI=1S/C25H34FN3O2/c1-18(30)29(17-20-7-8-21-16-23(20)25(21,2)3)14-11-27-9-12-28(13-10-27)24(31)19-5-4-6-22(26)15-19/h4-7,15,21,23H,8-14,16-17H2,1-3H3. The van der Waals surface area contributed by atoms with Crippen LogP contribution >= 0.6 is 0 Å². The lowest BCUT2D eigenvalue weighted by molar-refractivity contribution is -0.129. The predicted molar refractivity (Wildman–Crippen MR) is 119 cm³/mol. The van der Waals surface area contributed by atoms with E-state index in [9.17, 15) is 14.0 Å². The van der Waals surface area contributed by atoms with E-state index in [2.05, 4.69) is 24.8 Å². The summed E-state index contributed by atoms with van der Waals surface area (Å²) >= 11 is 0. The van der Waals surface area contributed by atoms with Crippen molar-refractivity contribution in [2.75, 3.05) is 45.8 Å². The van der Waals surface area contributed by atoms with Crippen LogP contribution in [0.15, 0.2) is 35.9 Å². The predicted octanol–water partition coefficient (Wildman–Crippen LogP) is 3.42. The first-order valence-corrected chi connectivity index (χ1v) is 11.5. The van der Waals surface area contributed by atoms with Gasteiger partial charge in [-0.15, -0.1) is 0 Å². The molecule has 1 heterocycles. The molecule has 1 aliphatic heterocycles. The number of fused-ring (bicyclic) bond motifs is 1. The summed E-state index contributed by atoms with van der Waals surface area (Å²) in [5.41, 5.74) is 2.21. The van der Waals surface area contributed by atoms with Gasteiger partial charge in [0.15, 0.2) is 0 Å². The molecule has 0 spiro atoms. The average Bonchev–Trinajstić information content (AvgIpc) is 2.76. The smallest absolute Gasteiger partial charge is 0.254 e. The van der Waals surface area contributed by atoms with Crippen LogP contribution in [-0.2, 0) is 4.79 Å². The maximum Gasteiger partial charge on any atom is 0.254 e. The Labute approximate surface area is 184 Å². The second kappa shape index (κ2) is 8.73. The molecular formula is C25H34FN3O2. The SMILES string of the molecule is CC(=O)N(CCN1CCN(C(=O)c2cccc(F)c2)CC1)CC1=CCC2CC1C2(C)C. The number of rotatable bonds is 6. The van der Waals surface area contributed by atoms with Crippen molar-refractivity contribution in [1.29, 1.82) is 0 Å². The van der Waals surface area contributed by atoms with Gasteiger partial charge in [0.1, 0.15) is 5.82 Å². The second-order valence-electron chi connectivity index (χ2n) is 9.91. The van der Waals surface area contributed by atoms with Crippen LogP contribution in [0, 0.1) is 23.1 Å². The van der Waals surface area contributed by atoms with E-state index in [1.54, 1.807) is 24.0 Å². The first-order valence-electron chi connectivity index (χ1n) is 11.5. The van der Waals surface area contributed by atoms with Crippen LogP contribution in [0.5, 0.6) is 0 Å². The zero-order valence-corrected chi connectivity index (χ0v) is 18.9. The van der Waals surface area contributed by atoms with Gasteiger partial charge in [-0.05, 0) is 48.3 Å². The Bertz CT molecular complexity index is 873. The zero-order valence-electron chi connectivity index (χ0n) is 18.9. The number of piperazine rings is 1. The van der Waals surface area contributed by atoms with E-state index < -0.39 is 0 Å². The van der Waals surface area contributed by atoms with Crippen molar-refractivity contribution in [2.45, 2.75) is 33.6 Å².